The summed E-state index contributed by atoms with van der Waals surface area (Å²) in [6.07, 6.45) is 9.62. The molecule has 1 aliphatic heterocycles. The van der Waals surface area contributed by atoms with Crippen LogP contribution >= 0.6 is 0 Å². The first kappa shape index (κ1) is 13.2. The van der Waals surface area contributed by atoms with Gasteiger partial charge in [-0.15, -0.1) is 0 Å². The predicted octanol–water partition coefficient (Wildman–Crippen LogP) is 5.27. The number of hydrogen-bond acceptors (Lipinski definition) is 2. The summed E-state index contributed by atoms with van der Waals surface area (Å²) < 4.78 is 0. The number of nitrogens with zero attached hydrogens (tertiary/aromatic N) is 2. The molecule has 2 heteroatoms. The zero-order valence-corrected chi connectivity index (χ0v) is 12.7. The van der Waals surface area contributed by atoms with Gasteiger partial charge in [0.2, 0.25) is 0 Å². The van der Waals surface area contributed by atoms with Crippen LogP contribution in [0.2, 0.25) is 0 Å². The summed E-state index contributed by atoms with van der Waals surface area (Å²) in [5.41, 5.74) is 5.36. The molecule has 22 heavy (non-hydrogen) atoms. The summed E-state index contributed by atoms with van der Waals surface area (Å²) in [4.78, 5) is 0. The largest absolute Gasteiger partial charge is 0.257 e. The van der Waals surface area contributed by atoms with Gasteiger partial charge in [0.25, 0.3) is 0 Å². The first-order valence-corrected chi connectivity index (χ1v) is 8.02. The Morgan fingerprint density at radius 3 is 1.36 bits per heavy atom. The molecule has 0 atom stereocenters. The summed E-state index contributed by atoms with van der Waals surface area (Å²) in [6.45, 7) is 0. The second kappa shape index (κ2) is 5.72. The van der Waals surface area contributed by atoms with E-state index in [9.17, 15) is 0 Å². The molecule has 110 valence electrons. The number of rotatable bonds is 2. The molecule has 0 N–H and O–H groups in total. The number of hydrazine groups is 1. The third-order valence-corrected chi connectivity index (χ3v) is 4.38. The van der Waals surface area contributed by atoms with Gasteiger partial charge >= 0.3 is 0 Å². The molecule has 1 saturated carbocycles. The monoisotopic (exact) mass is 288 g/mol. The summed E-state index contributed by atoms with van der Waals surface area (Å²) in [6, 6.07) is 21.2. The lowest BCUT2D eigenvalue weighted by atomic mass is 9.90. The van der Waals surface area contributed by atoms with Crippen molar-refractivity contribution in [2.24, 2.45) is 0 Å². The molecule has 0 amide bonds. The zero-order valence-electron chi connectivity index (χ0n) is 12.7. The normalized spacial score (nSPS) is 17.6. The fourth-order valence-electron chi connectivity index (χ4n) is 3.23. The van der Waals surface area contributed by atoms with Crippen LogP contribution in [0, 0.1) is 0 Å². The Balaban J connectivity index is 1.79. The molecule has 1 fully saturated rings. The standard InChI is InChI=1S/C20H20N2/c1-3-11-19(12-4-1)21-15-17-9-7-8-10-18(17)16-22(21)20-13-5-2-6-14-20/h1-6,11-16H,7-10H2. The second-order valence-corrected chi connectivity index (χ2v) is 5.88. The van der Waals surface area contributed by atoms with Crippen LogP contribution in [0.1, 0.15) is 25.7 Å². The van der Waals surface area contributed by atoms with Crippen molar-refractivity contribution in [1.29, 1.82) is 0 Å². The van der Waals surface area contributed by atoms with Crippen LogP contribution in [0.4, 0.5) is 11.4 Å². The Morgan fingerprint density at radius 2 is 0.955 bits per heavy atom. The van der Waals surface area contributed by atoms with Crippen LogP contribution < -0.4 is 10.0 Å². The maximum Gasteiger partial charge on any atom is 0.0629 e. The minimum atomic E-state index is 1.19. The first-order chi connectivity index (χ1) is 10.9. The van der Waals surface area contributed by atoms with E-state index in [0.29, 0.717) is 0 Å². The average molecular weight is 288 g/mol. The van der Waals surface area contributed by atoms with Crippen molar-refractivity contribution < 1.29 is 0 Å². The lowest BCUT2D eigenvalue weighted by molar-refractivity contribution is 0.664. The van der Waals surface area contributed by atoms with Gasteiger partial charge < -0.3 is 0 Å². The van der Waals surface area contributed by atoms with E-state index in [1.807, 2.05) is 0 Å². The summed E-state index contributed by atoms with van der Waals surface area (Å²) >= 11 is 0. The quantitative estimate of drug-likeness (QED) is 0.742. The van der Waals surface area contributed by atoms with Crippen LogP contribution in [-0.2, 0) is 0 Å². The Kier molecular flexibility index (Phi) is 3.43. The zero-order chi connectivity index (χ0) is 14.8. The fraction of sp³-hybridized carbons (Fsp3) is 0.200. The van der Waals surface area contributed by atoms with Gasteiger partial charge in [-0.05, 0) is 61.1 Å². The molecule has 2 aromatic rings. The Morgan fingerprint density at radius 1 is 0.545 bits per heavy atom. The predicted molar refractivity (Wildman–Crippen MR) is 92.5 cm³/mol. The highest BCUT2D eigenvalue weighted by atomic mass is 15.6. The second-order valence-electron chi connectivity index (χ2n) is 5.88. The molecule has 0 bridgehead atoms. The SMILES string of the molecule is C1=C2CCCCC2=CN(c2ccccc2)N1c1ccccc1. The van der Waals surface area contributed by atoms with E-state index in [-0.39, 0.29) is 0 Å². The molecule has 0 unspecified atom stereocenters. The van der Waals surface area contributed by atoms with Crippen molar-refractivity contribution in [2.45, 2.75) is 25.7 Å². The third-order valence-electron chi connectivity index (χ3n) is 4.38. The van der Waals surface area contributed by atoms with Gasteiger partial charge in [0.1, 0.15) is 0 Å². The van der Waals surface area contributed by atoms with Gasteiger partial charge in [0.05, 0.1) is 11.4 Å². The van der Waals surface area contributed by atoms with Gasteiger partial charge in [-0.3, -0.25) is 10.0 Å². The van der Waals surface area contributed by atoms with Crippen LogP contribution in [0.15, 0.2) is 84.2 Å². The van der Waals surface area contributed by atoms with E-state index in [0.717, 1.165) is 0 Å². The van der Waals surface area contributed by atoms with Crippen molar-refractivity contribution in [3.8, 4) is 0 Å². The lowest BCUT2D eigenvalue weighted by Crippen LogP contribution is -2.38. The molecule has 0 spiro atoms. The van der Waals surface area contributed by atoms with Crippen LogP contribution in [0.3, 0.4) is 0 Å². The molecule has 2 aliphatic rings. The van der Waals surface area contributed by atoms with E-state index < -0.39 is 0 Å². The van der Waals surface area contributed by atoms with E-state index in [1.165, 1.54) is 48.2 Å². The number of benzene rings is 2. The number of allylic oxidation sites excluding steroid dienone is 2. The van der Waals surface area contributed by atoms with E-state index in [1.54, 1.807) is 0 Å². The fourth-order valence-corrected chi connectivity index (χ4v) is 3.23. The molecule has 4 rings (SSSR count). The number of para-hydroxylation sites is 2. The number of anilines is 2. The van der Waals surface area contributed by atoms with Gasteiger partial charge in [-0.2, -0.15) is 0 Å². The molecule has 0 saturated heterocycles. The van der Waals surface area contributed by atoms with Crippen molar-refractivity contribution in [1.82, 2.24) is 0 Å². The molecular weight excluding hydrogens is 268 g/mol. The number of hydrogen-bond donors (Lipinski definition) is 0. The summed E-state index contributed by atoms with van der Waals surface area (Å²) in [5, 5.41) is 4.53. The van der Waals surface area contributed by atoms with Gasteiger partial charge in [0, 0.05) is 12.4 Å². The van der Waals surface area contributed by atoms with Crippen LogP contribution in [0.25, 0.3) is 0 Å². The highest BCUT2D eigenvalue weighted by Crippen LogP contribution is 2.36. The Bertz CT molecular complexity index is 638. The van der Waals surface area contributed by atoms with Gasteiger partial charge in [-0.25, -0.2) is 0 Å². The molecular formula is C20H20N2. The topological polar surface area (TPSA) is 6.48 Å². The van der Waals surface area contributed by atoms with Crippen LogP contribution in [-0.4, -0.2) is 0 Å². The van der Waals surface area contributed by atoms with Crippen molar-refractivity contribution in [2.75, 3.05) is 10.0 Å². The highest BCUT2D eigenvalue weighted by Gasteiger charge is 2.23. The van der Waals surface area contributed by atoms with Crippen LogP contribution in [0.5, 0.6) is 0 Å². The average Bonchev–Trinajstić information content (AvgIpc) is 2.62. The molecule has 2 aromatic carbocycles. The van der Waals surface area contributed by atoms with E-state index >= 15 is 0 Å². The molecule has 0 aromatic heterocycles. The van der Waals surface area contributed by atoms with Gasteiger partial charge in [0.15, 0.2) is 0 Å². The minimum Gasteiger partial charge on any atom is -0.257 e. The van der Waals surface area contributed by atoms with Crippen molar-refractivity contribution >= 4 is 11.4 Å². The maximum absolute atomic E-state index is 2.32. The third kappa shape index (κ3) is 2.41. The maximum atomic E-state index is 2.32. The molecule has 1 heterocycles. The molecule has 2 nitrogen and oxygen atoms in total. The summed E-state index contributed by atoms with van der Waals surface area (Å²) in [7, 11) is 0. The minimum absolute atomic E-state index is 1.19. The Labute approximate surface area is 132 Å². The summed E-state index contributed by atoms with van der Waals surface area (Å²) in [5.74, 6) is 0. The molecule has 0 radical (unpaired) electrons. The Hall–Kier alpha value is -2.48. The first-order valence-electron chi connectivity index (χ1n) is 8.02. The molecule has 1 aliphatic carbocycles. The van der Waals surface area contributed by atoms with Gasteiger partial charge in [-0.1, -0.05) is 36.4 Å². The highest BCUT2D eigenvalue weighted by molar-refractivity contribution is 5.65. The van der Waals surface area contributed by atoms with E-state index in [4.69, 9.17) is 0 Å². The smallest absolute Gasteiger partial charge is 0.0629 e. The van der Waals surface area contributed by atoms with E-state index in [2.05, 4.69) is 83.1 Å². The number of fused-ring (bicyclic) bond motifs is 1. The van der Waals surface area contributed by atoms with Crippen molar-refractivity contribution in [3.05, 3.63) is 84.2 Å². The lowest BCUT2D eigenvalue weighted by Gasteiger charge is -2.39. The van der Waals surface area contributed by atoms with Crippen molar-refractivity contribution in [3.63, 3.8) is 0 Å².